The van der Waals surface area contributed by atoms with Gasteiger partial charge in [0.05, 0.1) is 5.56 Å². The summed E-state index contributed by atoms with van der Waals surface area (Å²) in [6.45, 7) is 1.80. The minimum Gasteiger partial charge on any atom is -0.381 e. The number of nitrogens with zero attached hydrogens (tertiary/aromatic N) is 1. The number of carbonyl (C=O) groups excluding carboxylic acids is 1. The van der Waals surface area contributed by atoms with E-state index >= 15 is 0 Å². The van der Waals surface area contributed by atoms with Crippen molar-refractivity contribution in [2.75, 3.05) is 14.1 Å². The quantitative estimate of drug-likeness (QED) is 0.560. The molecule has 0 aliphatic carbocycles. The Balaban J connectivity index is 2.97. The lowest BCUT2D eigenvalue weighted by Crippen LogP contribution is -2.10. The van der Waals surface area contributed by atoms with Crippen molar-refractivity contribution in [2.45, 2.75) is 6.92 Å². The van der Waals surface area contributed by atoms with Crippen molar-refractivity contribution < 1.29 is 9.18 Å². The molecule has 0 aliphatic heterocycles. The van der Waals surface area contributed by atoms with E-state index in [1.54, 1.807) is 24.0 Å². The van der Waals surface area contributed by atoms with Gasteiger partial charge in [-0.15, -0.1) is 0 Å². The van der Waals surface area contributed by atoms with E-state index < -0.39 is 5.82 Å². The molecule has 15 heavy (non-hydrogen) atoms. The van der Waals surface area contributed by atoms with E-state index in [1.807, 2.05) is 14.1 Å². The summed E-state index contributed by atoms with van der Waals surface area (Å²) in [4.78, 5) is 13.4. The van der Waals surface area contributed by atoms with Gasteiger partial charge in [0, 0.05) is 25.9 Å². The van der Waals surface area contributed by atoms with E-state index in [0.29, 0.717) is 0 Å². The van der Waals surface area contributed by atoms with E-state index in [0.717, 1.165) is 5.70 Å². The zero-order valence-corrected chi connectivity index (χ0v) is 9.12. The monoisotopic (exact) mass is 207 g/mol. The SMILES string of the molecule is CC(=CC(=O)c1ccccc1F)N(C)C. The molecule has 1 aromatic rings. The summed E-state index contributed by atoms with van der Waals surface area (Å²) < 4.78 is 13.2. The zero-order valence-electron chi connectivity index (χ0n) is 9.12. The fraction of sp³-hybridized carbons (Fsp3) is 0.250. The Hall–Kier alpha value is -1.64. The minimum atomic E-state index is -0.481. The smallest absolute Gasteiger partial charge is 0.190 e. The Morgan fingerprint density at radius 2 is 1.93 bits per heavy atom. The topological polar surface area (TPSA) is 20.3 Å². The first-order valence-corrected chi connectivity index (χ1v) is 4.67. The van der Waals surface area contributed by atoms with Crippen molar-refractivity contribution in [1.82, 2.24) is 4.90 Å². The lowest BCUT2D eigenvalue weighted by molar-refractivity contribution is 0.104. The van der Waals surface area contributed by atoms with Gasteiger partial charge in [0.1, 0.15) is 5.82 Å². The van der Waals surface area contributed by atoms with Crippen LogP contribution in [0.2, 0.25) is 0 Å². The van der Waals surface area contributed by atoms with Crippen LogP contribution in [-0.2, 0) is 0 Å². The molecule has 0 spiro atoms. The summed E-state index contributed by atoms with van der Waals surface area (Å²) in [5.41, 5.74) is 0.905. The highest BCUT2D eigenvalue weighted by Crippen LogP contribution is 2.09. The number of carbonyl (C=O) groups is 1. The summed E-state index contributed by atoms with van der Waals surface area (Å²) in [5, 5.41) is 0. The predicted octanol–water partition coefficient (Wildman–Crippen LogP) is 2.47. The Bertz CT molecular complexity index is 396. The molecule has 1 rings (SSSR count). The van der Waals surface area contributed by atoms with Crippen LogP contribution in [-0.4, -0.2) is 24.8 Å². The van der Waals surface area contributed by atoms with Crippen LogP contribution in [0.4, 0.5) is 4.39 Å². The Kier molecular flexibility index (Phi) is 3.61. The molecular weight excluding hydrogens is 193 g/mol. The first-order valence-electron chi connectivity index (χ1n) is 4.67. The molecule has 2 nitrogen and oxygen atoms in total. The van der Waals surface area contributed by atoms with Crippen LogP contribution in [0.15, 0.2) is 36.0 Å². The summed E-state index contributed by atoms with van der Waals surface area (Å²) >= 11 is 0. The molecule has 0 radical (unpaired) electrons. The van der Waals surface area contributed by atoms with E-state index in [2.05, 4.69) is 0 Å². The number of hydrogen-bond donors (Lipinski definition) is 0. The summed E-state index contributed by atoms with van der Waals surface area (Å²) in [7, 11) is 3.67. The van der Waals surface area contributed by atoms with Gasteiger partial charge >= 0.3 is 0 Å². The predicted molar refractivity (Wildman–Crippen MR) is 58.2 cm³/mol. The van der Waals surface area contributed by atoms with Crippen molar-refractivity contribution in [3.05, 3.63) is 47.4 Å². The number of allylic oxidation sites excluding steroid dienone is 2. The van der Waals surface area contributed by atoms with Crippen molar-refractivity contribution in [2.24, 2.45) is 0 Å². The molecule has 0 atom stereocenters. The van der Waals surface area contributed by atoms with Gasteiger partial charge in [-0.1, -0.05) is 12.1 Å². The molecule has 0 fully saturated rings. The van der Waals surface area contributed by atoms with E-state index in [1.165, 1.54) is 18.2 Å². The van der Waals surface area contributed by atoms with E-state index in [-0.39, 0.29) is 11.3 Å². The highest BCUT2D eigenvalue weighted by Gasteiger charge is 2.08. The molecule has 80 valence electrons. The highest BCUT2D eigenvalue weighted by molar-refractivity contribution is 6.04. The number of ketones is 1. The van der Waals surface area contributed by atoms with Crippen molar-refractivity contribution in [3.63, 3.8) is 0 Å². The summed E-state index contributed by atoms with van der Waals surface area (Å²) in [6, 6.07) is 5.98. The maximum Gasteiger partial charge on any atom is 0.190 e. The third-order valence-electron chi connectivity index (χ3n) is 2.18. The third-order valence-corrected chi connectivity index (χ3v) is 2.18. The second-order valence-electron chi connectivity index (χ2n) is 3.52. The molecule has 0 saturated heterocycles. The first-order chi connectivity index (χ1) is 7.02. The fourth-order valence-electron chi connectivity index (χ4n) is 1.06. The molecular formula is C12H14FNO. The Morgan fingerprint density at radius 3 is 2.47 bits per heavy atom. The van der Waals surface area contributed by atoms with Crippen LogP contribution in [0.5, 0.6) is 0 Å². The summed E-state index contributed by atoms with van der Waals surface area (Å²) in [5.74, 6) is -0.787. The number of hydrogen-bond acceptors (Lipinski definition) is 2. The number of halogens is 1. The van der Waals surface area contributed by atoms with Gasteiger partial charge in [-0.2, -0.15) is 0 Å². The second-order valence-corrected chi connectivity index (χ2v) is 3.52. The Labute approximate surface area is 89.0 Å². The first kappa shape index (κ1) is 11.4. The van der Waals surface area contributed by atoms with Crippen LogP contribution in [0.25, 0.3) is 0 Å². The molecule has 0 heterocycles. The summed E-state index contributed by atoms with van der Waals surface area (Å²) in [6.07, 6.45) is 1.43. The maximum atomic E-state index is 13.2. The largest absolute Gasteiger partial charge is 0.381 e. The van der Waals surface area contributed by atoms with Crippen LogP contribution in [0.3, 0.4) is 0 Å². The third kappa shape index (κ3) is 2.91. The van der Waals surface area contributed by atoms with Gasteiger partial charge in [0.15, 0.2) is 5.78 Å². The lowest BCUT2D eigenvalue weighted by Gasteiger charge is -2.11. The van der Waals surface area contributed by atoms with Crippen molar-refractivity contribution in [3.8, 4) is 0 Å². The highest BCUT2D eigenvalue weighted by atomic mass is 19.1. The van der Waals surface area contributed by atoms with E-state index in [4.69, 9.17) is 0 Å². The number of rotatable bonds is 3. The molecule has 1 aromatic carbocycles. The molecule has 0 amide bonds. The van der Waals surface area contributed by atoms with Crippen molar-refractivity contribution in [1.29, 1.82) is 0 Å². The molecule has 0 unspecified atom stereocenters. The van der Waals surface area contributed by atoms with Crippen LogP contribution in [0, 0.1) is 5.82 Å². The van der Waals surface area contributed by atoms with Gasteiger partial charge in [0.25, 0.3) is 0 Å². The molecule has 0 aromatic heterocycles. The standard InChI is InChI=1S/C12H14FNO/c1-9(14(2)3)8-12(15)10-6-4-5-7-11(10)13/h4-8H,1-3H3. The molecule has 3 heteroatoms. The van der Waals surface area contributed by atoms with Gasteiger partial charge in [-0.25, -0.2) is 4.39 Å². The maximum absolute atomic E-state index is 13.2. The van der Waals surface area contributed by atoms with Crippen LogP contribution in [0.1, 0.15) is 17.3 Å². The van der Waals surface area contributed by atoms with Crippen LogP contribution >= 0.6 is 0 Å². The normalized spacial score (nSPS) is 11.3. The zero-order chi connectivity index (χ0) is 11.4. The van der Waals surface area contributed by atoms with E-state index in [9.17, 15) is 9.18 Å². The number of benzene rings is 1. The van der Waals surface area contributed by atoms with Crippen molar-refractivity contribution >= 4 is 5.78 Å². The molecule has 0 saturated carbocycles. The average Bonchev–Trinajstić information content (AvgIpc) is 2.18. The average molecular weight is 207 g/mol. The molecule has 0 N–H and O–H groups in total. The molecule has 0 bridgehead atoms. The van der Waals surface area contributed by atoms with Gasteiger partial charge in [0.2, 0.25) is 0 Å². The van der Waals surface area contributed by atoms with Crippen LogP contribution < -0.4 is 0 Å². The van der Waals surface area contributed by atoms with Gasteiger partial charge < -0.3 is 4.90 Å². The minimum absolute atomic E-state index is 0.110. The Morgan fingerprint density at radius 1 is 1.33 bits per heavy atom. The fourth-order valence-corrected chi connectivity index (χ4v) is 1.06. The van der Waals surface area contributed by atoms with Gasteiger partial charge in [-0.3, -0.25) is 4.79 Å². The van der Waals surface area contributed by atoms with Gasteiger partial charge in [-0.05, 0) is 19.1 Å². The second kappa shape index (κ2) is 4.73. The lowest BCUT2D eigenvalue weighted by atomic mass is 10.1. The molecule has 0 aliphatic rings.